The minimum atomic E-state index is 0.975. The summed E-state index contributed by atoms with van der Waals surface area (Å²) in [6.07, 6.45) is 1.98. The van der Waals surface area contributed by atoms with Crippen molar-refractivity contribution in [2.45, 2.75) is 19.8 Å². The summed E-state index contributed by atoms with van der Waals surface area (Å²) in [6, 6.07) is 88.2. The van der Waals surface area contributed by atoms with Gasteiger partial charge in [0.1, 0.15) is 0 Å². The lowest BCUT2D eigenvalue weighted by Crippen LogP contribution is -2.09. The van der Waals surface area contributed by atoms with Crippen LogP contribution in [0, 0.1) is 6.92 Å². The molecule has 0 atom stereocenters. The zero-order valence-electron chi connectivity index (χ0n) is 35.0. The fourth-order valence-corrected chi connectivity index (χ4v) is 8.94. The molecule has 0 unspecified atom stereocenters. The molecule has 0 spiro atoms. The van der Waals surface area contributed by atoms with Crippen molar-refractivity contribution in [2.75, 3.05) is 4.90 Å². The van der Waals surface area contributed by atoms with Crippen molar-refractivity contribution in [1.29, 1.82) is 0 Å². The Morgan fingerprint density at radius 1 is 0.290 bits per heavy atom. The van der Waals surface area contributed by atoms with Gasteiger partial charge >= 0.3 is 0 Å². The van der Waals surface area contributed by atoms with Gasteiger partial charge < -0.3 is 4.90 Å². The topological polar surface area (TPSA) is 3.24 Å². The lowest BCUT2D eigenvalue weighted by Gasteiger charge is -2.27. The molecule has 296 valence electrons. The molecule has 0 aliphatic carbocycles. The first-order chi connectivity index (χ1) is 30.7. The van der Waals surface area contributed by atoms with Gasteiger partial charge in [0.25, 0.3) is 0 Å². The van der Waals surface area contributed by atoms with Crippen molar-refractivity contribution in [3.63, 3.8) is 0 Å². The summed E-state index contributed by atoms with van der Waals surface area (Å²) in [7, 11) is 0. The highest BCUT2D eigenvalue weighted by Crippen LogP contribution is 2.47. The highest BCUT2D eigenvalue weighted by Gasteiger charge is 2.21. The van der Waals surface area contributed by atoms with Crippen molar-refractivity contribution in [2.24, 2.45) is 0 Å². The Morgan fingerprint density at radius 3 is 1.24 bits per heavy atom. The molecular formula is C61H47N. The van der Waals surface area contributed by atoms with Crippen molar-refractivity contribution in [1.82, 2.24) is 0 Å². The zero-order chi connectivity index (χ0) is 41.7. The van der Waals surface area contributed by atoms with Crippen LogP contribution in [0.25, 0.3) is 65.3 Å². The second-order valence-electron chi connectivity index (χ2n) is 16.1. The molecule has 0 heterocycles. The molecule has 62 heavy (non-hydrogen) atoms. The Labute approximate surface area is 364 Å². The lowest BCUT2D eigenvalue weighted by molar-refractivity contribution is 0.962. The Bertz CT molecular complexity index is 3240. The largest absolute Gasteiger partial charge is 0.310 e. The summed E-state index contributed by atoms with van der Waals surface area (Å²) < 4.78 is 0. The van der Waals surface area contributed by atoms with E-state index >= 15 is 0 Å². The Hall–Kier alpha value is -7.74. The number of nitrogens with zero attached hydrogens (tertiary/aromatic N) is 1. The molecule has 11 rings (SSSR count). The molecule has 0 aliphatic rings. The molecule has 0 aliphatic heterocycles. The molecule has 0 radical (unpaired) electrons. The van der Waals surface area contributed by atoms with Gasteiger partial charge in [-0.2, -0.15) is 0 Å². The van der Waals surface area contributed by atoms with Gasteiger partial charge in [0.2, 0.25) is 0 Å². The number of rotatable bonds is 8. The molecule has 0 bridgehead atoms. The average molecular weight is 794 g/mol. The minimum Gasteiger partial charge on any atom is -0.310 e. The minimum absolute atomic E-state index is 0.975. The summed E-state index contributed by atoms with van der Waals surface area (Å²) in [5, 5.41) is 10.0. The van der Waals surface area contributed by atoms with Gasteiger partial charge in [0.05, 0.1) is 0 Å². The Morgan fingerprint density at radius 2 is 0.726 bits per heavy atom. The molecule has 0 N–H and O–H groups in total. The van der Waals surface area contributed by atoms with Gasteiger partial charge in [-0.05, 0) is 145 Å². The predicted molar refractivity (Wildman–Crippen MR) is 267 cm³/mol. The maximum atomic E-state index is 2.47. The number of fused-ring (bicyclic) bond motifs is 4. The molecule has 1 nitrogen and oxygen atoms in total. The lowest BCUT2D eigenvalue weighted by atomic mass is 9.84. The SMILES string of the molecule is Cc1ccccc1.c1ccc(CCc2ccc3c(-c4ccc5ccccc5c4)c4cc(N(c5ccccc5)c5ccccc5)ccc4c(-c4ccc5ccccc5c4)c3c2)cc1. The van der Waals surface area contributed by atoms with Crippen LogP contribution >= 0.6 is 0 Å². The molecule has 0 fully saturated rings. The van der Waals surface area contributed by atoms with Crippen LogP contribution in [-0.2, 0) is 12.8 Å². The van der Waals surface area contributed by atoms with Crippen LogP contribution in [0.4, 0.5) is 17.1 Å². The molecule has 0 amide bonds. The van der Waals surface area contributed by atoms with Crippen LogP contribution < -0.4 is 4.90 Å². The van der Waals surface area contributed by atoms with E-state index in [4.69, 9.17) is 0 Å². The van der Waals surface area contributed by atoms with Gasteiger partial charge in [-0.15, -0.1) is 0 Å². The van der Waals surface area contributed by atoms with Crippen LogP contribution in [0.5, 0.6) is 0 Å². The molecule has 0 saturated heterocycles. The third kappa shape index (κ3) is 7.97. The van der Waals surface area contributed by atoms with E-state index in [1.54, 1.807) is 0 Å². The highest BCUT2D eigenvalue weighted by molar-refractivity contribution is 6.23. The van der Waals surface area contributed by atoms with Gasteiger partial charge in [-0.1, -0.05) is 200 Å². The van der Waals surface area contributed by atoms with Gasteiger partial charge in [0, 0.05) is 17.1 Å². The number of benzene rings is 11. The van der Waals surface area contributed by atoms with Crippen LogP contribution in [0.15, 0.2) is 243 Å². The van der Waals surface area contributed by atoms with Crippen molar-refractivity contribution >= 4 is 60.2 Å². The van der Waals surface area contributed by atoms with Crippen molar-refractivity contribution in [3.05, 3.63) is 259 Å². The second-order valence-corrected chi connectivity index (χ2v) is 16.1. The number of hydrogen-bond acceptors (Lipinski definition) is 1. The summed E-state index contributed by atoms with van der Waals surface area (Å²) in [5.74, 6) is 0. The third-order valence-electron chi connectivity index (χ3n) is 12.0. The van der Waals surface area contributed by atoms with Gasteiger partial charge in [0.15, 0.2) is 0 Å². The summed E-state index contributed by atoms with van der Waals surface area (Å²) in [4.78, 5) is 2.37. The normalized spacial score (nSPS) is 11.1. The van der Waals surface area contributed by atoms with Crippen molar-refractivity contribution < 1.29 is 0 Å². The number of hydrogen-bond donors (Lipinski definition) is 0. The van der Waals surface area contributed by atoms with E-state index in [-0.39, 0.29) is 0 Å². The highest BCUT2D eigenvalue weighted by atomic mass is 15.1. The van der Waals surface area contributed by atoms with Crippen LogP contribution in [0.1, 0.15) is 16.7 Å². The molecular weight excluding hydrogens is 747 g/mol. The molecule has 1 heteroatoms. The maximum Gasteiger partial charge on any atom is 0.0468 e. The number of anilines is 3. The maximum absolute atomic E-state index is 2.47. The van der Waals surface area contributed by atoms with E-state index in [1.807, 2.05) is 18.2 Å². The van der Waals surface area contributed by atoms with Crippen molar-refractivity contribution in [3.8, 4) is 22.3 Å². The number of aryl methyl sites for hydroxylation is 3. The van der Waals surface area contributed by atoms with Crippen LogP contribution in [-0.4, -0.2) is 0 Å². The summed E-state index contributed by atoms with van der Waals surface area (Å²) in [5.41, 5.74) is 12.4. The van der Waals surface area contributed by atoms with Crippen LogP contribution in [0.2, 0.25) is 0 Å². The summed E-state index contributed by atoms with van der Waals surface area (Å²) in [6.45, 7) is 2.08. The van der Waals surface area contributed by atoms with E-state index in [0.717, 1.165) is 29.9 Å². The Kier molecular flexibility index (Phi) is 10.8. The van der Waals surface area contributed by atoms with E-state index in [2.05, 4.69) is 236 Å². The zero-order valence-corrected chi connectivity index (χ0v) is 35.0. The van der Waals surface area contributed by atoms with E-state index in [1.165, 1.54) is 82.0 Å². The number of para-hydroxylation sites is 2. The first-order valence-electron chi connectivity index (χ1n) is 21.6. The average Bonchev–Trinajstić information content (AvgIpc) is 3.34. The van der Waals surface area contributed by atoms with E-state index in [0.29, 0.717) is 0 Å². The van der Waals surface area contributed by atoms with Gasteiger partial charge in [-0.3, -0.25) is 0 Å². The fraction of sp³-hybridized carbons (Fsp3) is 0.0492. The fourth-order valence-electron chi connectivity index (χ4n) is 8.94. The molecule has 11 aromatic carbocycles. The molecule has 11 aromatic rings. The van der Waals surface area contributed by atoms with Crippen LogP contribution in [0.3, 0.4) is 0 Å². The second kappa shape index (κ2) is 17.5. The quantitative estimate of drug-likeness (QED) is 0.139. The van der Waals surface area contributed by atoms with E-state index in [9.17, 15) is 0 Å². The smallest absolute Gasteiger partial charge is 0.0468 e. The van der Waals surface area contributed by atoms with E-state index < -0.39 is 0 Å². The monoisotopic (exact) mass is 793 g/mol. The Balaban J connectivity index is 0.000000598. The first-order valence-corrected chi connectivity index (χ1v) is 21.6. The molecule has 0 saturated carbocycles. The summed E-state index contributed by atoms with van der Waals surface area (Å²) >= 11 is 0. The third-order valence-corrected chi connectivity index (χ3v) is 12.0. The first kappa shape index (κ1) is 38.5. The standard InChI is InChI=1S/C54H39N.C7H8/c1-4-14-38(15-5-1)24-25-39-26-32-49-51(34-39)53(44-29-27-40-16-10-12-18-42(40)35-44)50-33-31-48(55(46-20-6-2-7-21-46)47-22-8-3-9-23-47)37-52(50)54(49)45-30-28-41-17-11-13-19-43(41)36-45;1-7-5-3-2-4-6-7/h1-23,26-37H,24-25H2;2-6H,1H3. The molecule has 0 aromatic heterocycles. The predicted octanol–water partition coefficient (Wildman–Crippen LogP) is 16.9. The van der Waals surface area contributed by atoms with Gasteiger partial charge in [-0.25, -0.2) is 0 Å².